The van der Waals surface area contributed by atoms with Crippen molar-refractivity contribution in [1.82, 2.24) is 9.55 Å². The number of para-hydroxylation sites is 2. The molecule has 2 heterocycles. The van der Waals surface area contributed by atoms with E-state index in [0.29, 0.717) is 13.0 Å². The van der Waals surface area contributed by atoms with Crippen molar-refractivity contribution in [1.29, 1.82) is 0 Å². The zero-order valence-electron chi connectivity index (χ0n) is 17.4. The second-order valence-corrected chi connectivity index (χ2v) is 8.23. The molecule has 1 atom stereocenters. The van der Waals surface area contributed by atoms with E-state index in [4.69, 9.17) is 4.98 Å². The van der Waals surface area contributed by atoms with E-state index in [1.165, 1.54) is 11.1 Å². The maximum absolute atomic E-state index is 13.0. The summed E-state index contributed by atoms with van der Waals surface area (Å²) in [6.07, 6.45) is 0.491. The third-order valence-corrected chi connectivity index (χ3v) is 6.00. The molecule has 0 radical (unpaired) electrons. The first kappa shape index (κ1) is 18.6. The number of fused-ring (bicyclic) bond motifs is 1. The lowest BCUT2D eigenvalue weighted by Gasteiger charge is -2.20. The van der Waals surface area contributed by atoms with E-state index in [2.05, 4.69) is 79.1 Å². The molecule has 1 aliphatic rings. The van der Waals surface area contributed by atoms with Crippen molar-refractivity contribution in [2.24, 2.45) is 0 Å². The molecule has 1 saturated heterocycles. The van der Waals surface area contributed by atoms with Crippen LogP contribution in [-0.2, 0) is 11.3 Å². The van der Waals surface area contributed by atoms with E-state index in [0.717, 1.165) is 34.7 Å². The third-order valence-electron chi connectivity index (χ3n) is 6.00. The highest BCUT2D eigenvalue weighted by atomic mass is 16.2. The summed E-state index contributed by atoms with van der Waals surface area (Å²) in [4.78, 5) is 19.9. The molecule has 0 spiro atoms. The molecule has 1 aliphatic heterocycles. The van der Waals surface area contributed by atoms with Crippen LogP contribution in [0.3, 0.4) is 0 Å². The van der Waals surface area contributed by atoms with Crippen LogP contribution in [0.5, 0.6) is 0 Å². The van der Waals surface area contributed by atoms with Gasteiger partial charge in [-0.15, -0.1) is 0 Å². The number of carbonyl (C=O) groups excluding carboxylic acids is 1. The van der Waals surface area contributed by atoms with E-state index in [1.54, 1.807) is 0 Å². The normalized spacial score (nSPS) is 16.5. The molecule has 4 nitrogen and oxygen atoms in total. The Morgan fingerprint density at radius 2 is 1.73 bits per heavy atom. The second-order valence-electron chi connectivity index (χ2n) is 8.23. The summed E-state index contributed by atoms with van der Waals surface area (Å²) in [5, 5.41) is 0. The topological polar surface area (TPSA) is 38.1 Å². The molecule has 0 saturated carbocycles. The van der Waals surface area contributed by atoms with Crippen LogP contribution >= 0.6 is 0 Å². The first-order valence-corrected chi connectivity index (χ1v) is 10.5. The van der Waals surface area contributed by atoms with E-state index in [9.17, 15) is 4.79 Å². The number of benzene rings is 3. The summed E-state index contributed by atoms with van der Waals surface area (Å²) < 4.78 is 2.29. The van der Waals surface area contributed by atoms with Crippen LogP contribution < -0.4 is 4.90 Å². The number of aryl methyl sites for hydroxylation is 2. The molecule has 30 heavy (non-hydrogen) atoms. The van der Waals surface area contributed by atoms with E-state index in [1.807, 2.05) is 17.0 Å². The zero-order valence-corrected chi connectivity index (χ0v) is 17.4. The zero-order chi connectivity index (χ0) is 20.7. The lowest BCUT2D eigenvalue weighted by Crippen LogP contribution is -2.25. The standard InChI is InChI=1S/C26H25N3O/c1-18-12-13-23(19(2)14-18)28-17-21(15-25(28)30)26-27-22-10-6-7-11-24(22)29(26)16-20-8-4-3-5-9-20/h3-14,21H,15-17H2,1-2H3. The molecule has 150 valence electrons. The number of nitrogens with zero attached hydrogens (tertiary/aromatic N) is 3. The Kier molecular flexibility index (Phi) is 4.62. The fraction of sp³-hybridized carbons (Fsp3) is 0.231. The summed E-state index contributed by atoms with van der Waals surface area (Å²) in [5.41, 5.74) is 6.71. The first-order chi connectivity index (χ1) is 14.6. The summed E-state index contributed by atoms with van der Waals surface area (Å²) in [7, 11) is 0. The summed E-state index contributed by atoms with van der Waals surface area (Å²) >= 11 is 0. The second kappa shape index (κ2) is 7.45. The molecule has 1 fully saturated rings. The number of aromatic nitrogens is 2. The molecule has 3 aromatic carbocycles. The van der Waals surface area contributed by atoms with Crippen LogP contribution in [0, 0.1) is 13.8 Å². The molecule has 4 aromatic rings. The van der Waals surface area contributed by atoms with Gasteiger partial charge in [-0.2, -0.15) is 0 Å². The predicted octanol–water partition coefficient (Wildman–Crippen LogP) is 5.22. The molecule has 4 heteroatoms. The summed E-state index contributed by atoms with van der Waals surface area (Å²) in [6, 6.07) is 25.0. The van der Waals surface area contributed by atoms with Gasteiger partial charge in [0.05, 0.1) is 11.0 Å². The quantitative estimate of drug-likeness (QED) is 0.475. The SMILES string of the molecule is Cc1ccc(N2CC(c3nc4ccccc4n3Cc3ccccc3)CC2=O)c(C)c1. The summed E-state index contributed by atoms with van der Waals surface area (Å²) in [6.45, 7) is 5.58. The Hall–Kier alpha value is -3.40. The number of imidazole rings is 1. The van der Waals surface area contributed by atoms with Gasteiger partial charge < -0.3 is 9.47 Å². The maximum atomic E-state index is 13.0. The van der Waals surface area contributed by atoms with Gasteiger partial charge >= 0.3 is 0 Å². The molecule has 1 unspecified atom stereocenters. The van der Waals surface area contributed by atoms with Crippen LogP contribution in [0.4, 0.5) is 5.69 Å². The van der Waals surface area contributed by atoms with Crippen molar-refractivity contribution in [3.05, 3.63) is 95.3 Å². The Morgan fingerprint density at radius 3 is 2.53 bits per heavy atom. The van der Waals surface area contributed by atoms with Crippen LogP contribution in [0.15, 0.2) is 72.8 Å². The van der Waals surface area contributed by atoms with Crippen LogP contribution in [0.1, 0.15) is 34.9 Å². The van der Waals surface area contributed by atoms with Gasteiger partial charge in [0.2, 0.25) is 5.91 Å². The fourth-order valence-electron chi connectivity index (χ4n) is 4.56. The van der Waals surface area contributed by atoms with Gasteiger partial charge in [-0.25, -0.2) is 4.98 Å². The van der Waals surface area contributed by atoms with Gasteiger partial charge in [-0.1, -0.05) is 60.2 Å². The van der Waals surface area contributed by atoms with Gasteiger partial charge in [-0.3, -0.25) is 4.79 Å². The van der Waals surface area contributed by atoms with E-state index >= 15 is 0 Å². The number of amides is 1. The average molecular weight is 396 g/mol. The van der Waals surface area contributed by atoms with Gasteiger partial charge in [0.1, 0.15) is 5.82 Å². The smallest absolute Gasteiger partial charge is 0.227 e. The molecule has 0 aliphatic carbocycles. The van der Waals surface area contributed by atoms with Gasteiger partial charge in [0, 0.05) is 31.1 Å². The third kappa shape index (κ3) is 3.28. The molecule has 1 aromatic heterocycles. The van der Waals surface area contributed by atoms with Crippen molar-refractivity contribution in [2.45, 2.75) is 32.7 Å². The lowest BCUT2D eigenvalue weighted by atomic mass is 10.1. The van der Waals surface area contributed by atoms with Crippen molar-refractivity contribution >= 4 is 22.6 Å². The highest BCUT2D eigenvalue weighted by Crippen LogP contribution is 2.35. The number of anilines is 1. The van der Waals surface area contributed by atoms with Gasteiger partial charge in [-0.05, 0) is 43.2 Å². The van der Waals surface area contributed by atoms with Crippen molar-refractivity contribution in [3.63, 3.8) is 0 Å². The number of hydrogen-bond donors (Lipinski definition) is 0. The monoisotopic (exact) mass is 395 g/mol. The Morgan fingerprint density at radius 1 is 0.967 bits per heavy atom. The van der Waals surface area contributed by atoms with Crippen LogP contribution in [-0.4, -0.2) is 22.0 Å². The predicted molar refractivity (Wildman–Crippen MR) is 121 cm³/mol. The molecule has 0 bridgehead atoms. The maximum Gasteiger partial charge on any atom is 0.227 e. The number of hydrogen-bond acceptors (Lipinski definition) is 2. The minimum Gasteiger partial charge on any atom is -0.323 e. The van der Waals surface area contributed by atoms with E-state index in [-0.39, 0.29) is 11.8 Å². The Labute approximate surface area is 176 Å². The Balaban J connectivity index is 1.53. The first-order valence-electron chi connectivity index (χ1n) is 10.5. The summed E-state index contributed by atoms with van der Waals surface area (Å²) in [5.74, 6) is 1.25. The number of rotatable bonds is 4. The van der Waals surface area contributed by atoms with Crippen molar-refractivity contribution in [3.8, 4) is 0 Å². The lowest BCUT2D eigenvalue weighted by molar-refractivity contribution is -0.117. The molecule has 1 amide bonds. The van der Waals surface area contributed by atoms with Gasteiger partial charge in [0.15, 0.2) is 0 Å². The minimum atomic E-state index is 0.0781. The van der Waals surface area contributed by atoms with Crippen molar-refractivity contribution in [2.75, 3.05) is 11.4 Å². The minimum absolute atomic E-state index is 0.0781. The van der Waals surface area contributed by atoms with Crippen LogP contribution in [0.2, 0.25) is 0 Å². The fourth-order valence-corrected chi connectivity index (χ4v) is 4.56. The van der Waals surface area contributed by atoms with E-state index < -0.39 is 0 Å². The average Bonchev–Trinajstić information content (AvgIpc) is 3.30. The molecular formula is C26H25N3O. The molecule has 5 rings (SSSR count). The highest BCUT2D eigenvalue weighted by molar-refractivity contribution is 5.97. The van der Waals surface area contributed by atoms with Crippen LogP contribution in [0.25, 0.3) is 11.0 Å². The molecule has 0 N–H and O–H groups in total. The number of carbonyl (C=O) groups is 1. The Bertz CT molecular complexity index is 1230. The van der Waals surface area contributed by atoms with Gasteiger partial charge in [0.25, 0.3) is 0 Å². The largest absolute Gasteiger partial charge is 0.323 e. The molecular weight excluding hydrogens is 370 g/mol. The highest BCUT2D eigenvalue weighted by Gasteiger charge is 2.35. The van der Waals surface area contributed by atoms with Crippen molar-refractivity contribution < 1.29 is 4.79 Å².